The van der Waals surface area contributed by atoms with E-state index >= 15 is 0 Å². The molecule has 1 aliphatic heterocycles. The Kier molecular flexibility index (Phi) is 4.30. The first kappa shape index (κ1) is 15.9. The Morgan fingerprint density at radius 1 is 1.20 bits per heavy atom. The minimum absolute atomic E-state index is 0.0402. The normalized spacial score (nSPS) is 23.2. The molecule has 2 atom stereocenters. The second-order valence-electron chi connectivity index (χ2n) is 6.89. The summed E-state index contributed by atoms with van der Waals surface area (Å²) in [7, 11) is 0. The van der Waals surface area contributed by atoms with Crippen LogP contribution in [-0.2, 0) is 4.79 Å². The Labute approximate surface area is 147 Å². The summed E-state index contributed by atoms with van der Waals surface area (Å²) in [5.41, 5.74) is 0. The molecule has 1 aliphatic carbocycles. The maximum Gasteiger partial charge on any atom is 0.246 e. The molecule has 1 saturated carbocycles. The monoisotopic (exact) mass is 337 g/mol. The second-order valence-corrected chi connectivity index (χ2v) is 6.89. The summed E-state index contributed by atoms with van der Waals surface area (Å²) in [5, 5.41) is 0. The van der Waals surface area contributed by atoms with Crippen LogP contribution >= 0.6 is 0 Å². The predicted molar refractivity (Wildman–Crippen MR) is 97.3 cm³/mol. The van der Waals surface area contributed by atoms with Crippen LogP contribution in [0.1, 0.15) is 30.8 Å². The van der Waals surface area contributed by atoms with Gasteiger partial charge in [0.25, 0.3) is 0 Å². The predicted octanol–water partition coefficient (Wildman–Crippen LogP) is 3.16. The summed E-state index contributed by atoms with van der Waals surface area (Å²) in [4.78, 5) is 20.8. The van der Waals surface area contributed by atoms with E-state index in [0.717, 1.165) is 36.3 Å². The zero-order valence-electron chi connectivity index (χ0n) is 14.5. The number of piperazine rings is 1. The zero-order valence-corrected chi connectivity index (χ0v) is 14.5. The lowest BCUT2D eigenvalue weighted by molar-refractivity contribution is -0.126. The van der Waals surface area contributed by atoms with Gasteiger partial charge in [-0.2, -0.15) is 0 Å². The van der Waals surface area contributed by atoms with Gasteiger partial charge in [-0.1, -0.05) is 13.0 Å². The number of hydrogen-bond acceptors (Lipinski definition) is 4. The van der Waals surface area contributed by atoms with Crippen LogP contribution in [0.2, 0.25) is 0 Å². The van der Waals surface area contributed by atoms with Crippen molar-refractivity contribution in [2.24, 2.45) is 5.92 Å². The van der Waals surface area contributed by atoms with Gasteiger partial charge in [-0.3, -0.25) is 4.79 Å². The van der Waals surface area contributed by atoms with Crippen LogP contribution in [-0.4, -0.2) is 42.0 Å². The lowest BCUT2D eigenvalue weighted by atomic mass is 10.2. The average Bonchev–Trinajstić information content (AvgIpc) is 3.20. The van der Waals surface area contributed by atoms with E-state index in [1.807, 2.05) is 35.2 Å². The van der Waals surface area contributed by atoms with Crippen molar-refractivity contribution in [2.45, 2.75) is 19.3 Å². The van der Waals surface area contributed by atoms with Gasteiger partial charge in [0.15, 0.2) is 0 Å². The highest BCUT2D eigenvalue weighted by molar-refractivity contribution is 5.91. The zero-order chi connectivity index (χ0) is 17.2. The molecule has 3 heterocycles. The average molecular weight is 337 g/mol. The highest BCUT2D eigenvalue weighted by atomic mass is 16.3. The Hall–Kier alpha value is -2.56. The van der Waals surface area contributed by atoms with Crippen LogP contribution in [0.3, 0.4) is 0 Å². The topological polar surface area (TPSA) is 49.6 Å². The van der Waals surface area contributed by atoms with Gasteiger partial charge in [-0.25, -0.2) is 4.98 Å². The van der Waals surface area contributed by atoms with Crippen molar-refractivity contribution in [3.8, 4) is 0 Å². The number of carbonyl (C=O) groups excluding carboxylic acids is 1. The molecular weight excluding hydrogens is 314 g/mol. The quantitative estimate of drug-likeness (QED) is 0.804. The van der Waals surface area contributed by atoms with Crippen LogP contribution in [0.25, 0.3) is 6.08 Å². The van der Waals surface area contributed by atoms with E-state index in [9.17, 15) is 4.79 Å². The molecule has 25 heavy (non-hydrogen) atoms. The minimum atomic E-state index is 0.0402. The third kappa shape index (κ3) is 3.60. The molecule has 1 saturated heterocycles. The molecule has 2 unspecified atom stereocenters. The molecule has 4 rings (SSSR count). The van der Waals surface area contributed by atoms with Crippen molar-refractivity contribution < 1.29 is 9.21 Å². The molecule has 1 amide bonds. The van der Waals surface area contributed by atoms with Gasteiger partial charge < -0.3 is 14.2 Å². The summed E-state index contributed by atoms with van der Waals surface area (Å²) in [6, 6.07) is 9.89. The fourth-order valence-corrected chi connectivity index (χ4v) is 3.33. The molecule has 0 spiro atoms. The highest BCUT2D eigenvalue weighted by Crippen LogP contribution is 2.47. The number of furan rings is 1. The van der Waals surface area contributed by atoms with Gasteiger partial charge >= 0.3 is 0 Å². The van der Waals surface area contributed by atoms with Crippen molar-refractivity contribution in [1.29, 1.82) is 0 Å². The Morgan fingerprint density at radius 3 is 2.68 bits per heavy atom. The number of rotatable bonds is 4. The third-order valence-electron chi connectivity index (χ3n) is 5.08. The van der Waals surface area contributed by atoms with E-state index in [1.165, 1.54) is 6.42 Å². The standard InChI is InChI=1S/C20H23N3O2/c1-15-14-17(15)18-7-5-16(25-18)6-8-20(24)23-12-10-22(11-13-23)19-4-2-3-9-21-19/h2-9,15,17H,10-14H2,1H3/b8-6+. The molecule has 0 aromatic carbocycles. The van der Waals surface area contributed by atoms with Crippen molar-refractivity contribution >= 4 is 17.8 Å². The van der Waals surface area contributed by atoms with Crippen molar-refractivity contribution in [2.75, 3.05) is 31.1 Å². The molecule has 2 aromatic rings. The Morgan fingerprint density at radius 2 is 2.00 bits per heavy atom. The number of pyridine rings is 1. The van der Waals surface area contributed by atoms with Gasteiger partial charge in [0.1, 0.15) is 17.3 Å². The lowest BCUT2D eigenvalue weighted by Gasteiger charge is -2.34. The fraction of sp³-hybridized carbons (Fsp3) is 0.400. The summed E-state index contributed by atoms with van der Waals surface area (Å²) in [6.45, 7) is 5.27. The van der Waals surface area contributed by atoms with E-state index < -0.39 is 0 Å². The van der Waals surface area contributed by atoms with E-state index in [4.69, 9.17) is 4.42 Å². The summed E-state index contributed by atoms with van der Waals surface area (Å²) >= 11 is 0. The van der Waals surface area contributed by atoms with E-state index in [-0.39, 0.29) is 5.91 Å². The minimum Gasteiger partial charge on any atom is -0.461 e. The number of hydrogen-bond donors (Lipinski definition) is 0. The third-order valence-corrected chi connectivity index (χ3v) is 5.08. The Balaban J connectivity index is 1.31. The molecular formula is C20H23N3O2. The lowest BCUT2D eigenvalue weighted by Crippen LogP contribution is -2.48. The van der Waals surface area contributed by atoms with Gasteiger partial charge in [0, 0.05) is 44.4 Å². The van der Waals surface area contributed by atoms with Crippen LogP contribution in [0.4, 0.5) is 5.82 Å². The summed E-state index contributed by atoms with van der Waals surface area (Å²) in [5.74, 6) is 4.11. The summed E-state index contributed by atoms with van der Waals surface area (Å²) < 4.78 is 5.82. The number of anilines is 1. The van der Waals surface area contributed by atoms with E-state index in [2.05, 4.69) is 16.8 Å². The maximum atomic E-state index is 12.4. The fourth-order valence-electron chi connectivity index (χ4n) is 3.33. The molecule has 0 radical (unpaired) electrons. The molecule has 2 fully saturated rings. The highest BCUT2D eigenvalue weighted by Gasteiger charge is 2.36. The number of amides is 1. The van der Waals surface area contributed by atoms with Gasteiger partial charge in [-0.05, 0) is 42.7 Å². The van der Waals surface area contributed by atoms with Crippen molar-refractivity contribution in [1.82, 2.24) is 9.88 Å². The number of nitrogens with zero attached hydrogens (tertiary/aromatic N) is 3. The van der Waals surface area contributed by atoms with Gasteiger partial charge in [-0.15, -0.1) is 0 Å². The second kappa shape index (κ2) is 6.75. The number of carbonyl (C=O) groups is 1. The first-order chi connectivity index (χ1) is 12.2. The number of aromatic nitrogens is 1. The first-order valence-corrected chi connectivity index (χ1v) is 8.93. The smallest absolute Gasteiger partial charge is 0.246 e. The molecule has 0 bridgehead atoms. The van der Waals surface area contributed by atoms with Crippen LogP contribution < -0.4 is 4.90 Å². The van der Waals surface area contributed by atoms with Crippen molar-refractivity contribution in [3.05, 3.63) is 54.1 Å². The SMILES string of the molecule is CC1CC1c1ccc(/C=C/C(=O)N2CCN(c3ccccn3)CC2)o1. The maximum absolute atomic E-state index is 12.4. The van der Waals surface area contributed by atoms with Crippen LogP contribution in [0.5, 0.6) is 0 Å². The largest absolute Gasteiger partial charge is 0.461 e. The van der Waals surface area contributed by atoms with Gasteiger partial charge in [0.2, 0.25) is 5.91 Å². The van der Waals surface area contributed by atoms with E-state index in [0.29, 0.717) is 19.0 Å². The summed E-state index contributed by atoms with van der Waals surface area (Å²) in [6.07, 6.45) is 6.41. The van der Waals surface area contributed by atoms with Gasteiger partial charge in [0.05, 0.1) is 0 Å². The molecule has 0 N–H and O–H groups in total. The first-order valence-electron chi connectivity index (χ1n) is 8.93. The van der Waals surface area contributed by atoms with Crippen LogP contribution in [0.15, 0.2) is 47.0 Å². The molecule has 130 valence electrons. The molecule has 2 aliphatic rings. The van der Waals surface area contributed by atoms with Crippen molar-refractivity contribution in [3.63, 3.8) is 0 Å². The molecule has 2 aromatic heterocycles. The molecule has 5 nitrogen and oxygen atoms in total. The van der Waals surface area contributed by atoms with E-state index in [1.54, 1.807) is 18.3 Å². The van der Waals surface area contributed by atoms with Crippen LogP contribution in [0, 0.1) is 5.92 Å². The Bertz CT molecular complexity index is 760. The molecule has 5 heteroatoms.